The van der Waals surface area contributed by atoms with Crippen LogP contribution in [0.1, 0.15) is 31.0 Å². The topological polar surface area (TPSA) is 28.2 Å². The Morgan fingerprint density at radius 2 is 2.00 bits per heavy atom. The lowest BCUT2D eigenvalue weighted by atomic mass is 9.88. The van der Waals surface area contributed by atoms with Gasteiger partial charge >= 0.3 is 0 Å². The van der Waals surface area contributed by atoms with Crippen molar-refractivity contribution in [2.24, 2.45) is 0 Å². The van der Waals surface area contributed by atoms with Gasteiger partial charge in [-0.05, 0) is 31.0 Å². The summed E-state index contributed by atoms with van der Waals surface area (Å²) in [7, 11) is 0. The van der Waals surface area contributed by atoms with Crippen LogP contribution in [-0.4, -0.2) is 29.5 Å². The van der Waals surface area contributed by atoms with E-state index in [4.69, 9.17) is 0 Å². The van der Waals surface area contributed by atoms with Crippen molar-refractivity contribution in [1.82, 2.24) is 15.2 Å². The first-order valence-corrected chi connectivity index (χ1v) is 7.63. The van der Waals surface area contributed by atoms with Crippen LogP contribution in [0, 0.1) is 0 Å². The van der Waals surface area contributed by atoms with E-state index in [0.29, 0.717) is 6.04 Å². The van der Waals surface area contributed by atoms with Crippen LogP contribution in [0.15, 0.2) is 54.9 Å². The van der Waals surface area contributed by atoms with Crippen molar-refractivity contribution >= 4 is 0 Å². The van der Waals surface area contributed by atoms with Crippen molar-refractivity contribution in [2.75, 3.05) is 19.6 Å². The van der Waals surface area contributed by atoms with E-state index in [0.717, 1.165) is 19.6 Å². The molecule has 0 bridgehead atoms. The Kier molecular flexibility index (Phi) is 4.04. The van der Waals surface area contributed by atoms with Crippen LogP contribution in [0.25, 0.3) is 0 Å². The molecule has 3 nitrogen and oxygen atoms in total. The average Bonchev–Trinajstić information content (AvgIpc) is 2.56. The van der Waals surface area contributed by atoms with E-state index in [9.17, 15) is 0 Å². The normalized spacial score (nSPS) is 24.7. The van der Waals surface area contributed by atoms with E-state index in [-0.39, 0.29) is 5.54 Å². The van der Waals surface area contributed by atoms with E-state index in [1.165, 1.54) is 11.1 Å². The molecule has 1 aromatic carbocycles. The summed E-state index contributed by atoms with van der Waals surface area (Å²) >= 11 is 0. The third-order valence-corrected chi connectivity index (χ3v) is 4.56. The molecule has 2 aromatic rings. The molecule has 110 valence electrons. The first-order valence-electron chi connectivity index (χ1n) is 7.63. The lowest BCUT2D eigenvalue weighted by Crippen LogP contribution is -2.57. The standard InChI is InChI=1S/C18H23N3/c1-15(16-7-6-10-19-13-16)21-12-11-20-18(2,14-21)17-8-4-3-5-9-17/h3-10,13,15,20H,11-12,14H2,1-2H3. The maximum atomic E-state index is 4.25. The van der Waals surface area contributed by atoms with E-state index in [2.05, 4.69) is 65.4 Å². The number of nitrogens with zero attached hydrogens (tertiary/aromatic N) is 2. The molecule has 1 aliphatic rings. The molecule has 3 rings (SSSR count). The number of hydrogen-bond acceptors (Lipinski definition) is 3. The van der Waals surface area contributed by atoms with Gasteiger partial charge in [0.15, 0.2) is 0 Å². The van der Waals surface area contributed by atoms with Gasteiger partial charge < -0.3 is 5.32 Å². The predicted molar refractivity (Wildman–Crippen MR) is 86.0 cm³/mol. The Bertz CT molecular complexity index is 570. The Morgan fingerprint density at radius 1 is 1.19 bits per heavy atom. The lowest BCUT2D eigenvalue weighted by Gasteiger charge is -2.44. The molecule has 1 N–H and O–H groups in total. The maximum Gasteiger partial charge on any atom is 0.0535 e. The Labute approximate surface area is 127 Å². The number of pyridine rings is 1. The fraction of sp³-hybridized carbons (Fsp3) is 0.389. The summed E-state index contributed by atoms with van der Waals surface area (Å²) < 4.78 is 0. The highest BCUT2D eigenvalue weighted by Crippen LogP contribution is 2.29. The SMILES string of the molecule is CC(c1cccnc1)N1CCNC(C)(c2ccccc2)C1. The fourth-order valence-electron chi connectivity index (χ4n) is 3.18. The summed E-state index contributed by atoms with van der Waals surface area (Å²) in [4.78, 5) is 6.79. The van der Waals surface area contributed by atoms with E-state index < -0.39 is 0 Å². The second-order valence-electron chi connectivity index (χ2n) is 6.06. The van der Waals surface area contributed by atoms with Crippen LogP contribution < -0.4 is 5.32 Å². The van der Waals surface area contributed by atoms with E-state index in [1.54, 1.807) is 0 Å². The Morgan fingerprint density at radius 3 is 2.71 bits per heavy atom. The molecule has 0 radical (unpaired) electrons. The van der Waals surface area contributed by atoms with Crippen molar-refractivity contribution in [1.29, 1.82) is 0 Å². The fourth-order valence-corrected chi connectivity index (χ4v) is 3.18. The van der Waals surface area contributed by atoms with Crippen molar-refractivity contribution in [3.8, 4) is 0 Å². The highest BCUT2D eigenvalue weighted by atomic mass is 15.2. The zero-order valence-electron chi connectivity index (χ0n) is 12.8. The molecule has 1 fully saturated rings. The zero-order chi connectivity index (χ0) is 14.7. The average molecular weight is 281 g/mol. The second-order valence-corrected chi connectivity index (χ2v) is 6.06. The summed E-state index contributed by atoms with van der Waals surface area (Å²) in [6.07, 6.45) is 3.81. The number of nitrogens with one attached hydrogen (secondary N) is 1. The monoisotopic (exact) mass is 281 g/mol. The van der Waals surface area contributed by atoms with Gasteiger partial charge in [0.25, 0.3) is 0 Å². The van der Waals surface area contributed by atoms with Crippen LogP contribution in [0.3, 0.4) is 0 Å². The first kappa shape index (κ1) is 14.2. The summed E-state index contributed by atoms with van der Waals surface area (Å²) in [5.74, 6) is 0. The molecule has 1 aliphatic heterocycles. The number of piperazine rings is 1. The summed E-state index contributed by atoms with van der Waals surface area (Å²) in [5, 5.41) is 3.69. The van der Waals surface area contributed by atoms with Crippen molar-refractivity contribution < 1.29 is 0 Å². The van der Waals surface area contributed by atoms with Crippen LogP contribution in [0.4, 0.5) is 0 Å². The summed E-state index contributed by atoms with van der Waals surface area (Å²) in [6, 6.07) is 15.3. The Balaban J connectivity index is 1.80. The zero-order valence-corrected chi connectivity index (χ0v) is 12.8. The van der Waals surface area contributed by atoms with E-state index in [1.807, 2.05) is 18.5 Å². The molecule has 21 heavy (non-hydrogen) atoms. The smallest absolute Gasteiger partial charge is 0.0535 e. The molecule has 1 aromatic heterocycles. The van der Waals surface area contributed by atoms with E-state index >= 15 is 0 Å². The minimum absolute atomic E-state index is 0.00990. The molecule has 2 heterocycles. The molecule has 0 aliphatic carbocycles. The molecule has 0 saturated carbocycles. The van der Waals surface area contributed by atoms with Crippen LogP contribution >= 0.6 is 0 Å². The number of hydrogen-bond donors (Lipinski definition) is 1. The van der Waals surface area contributed by atoms with Gasteiger partial charge in [0.2, 0.25) is 0 Å². The summed E-state index contributed by atoms with van der Waals surface area (Å²) in [6.45, 7) is 7.65. The van der Waals surface area contributed by atoms with Gasteiger partial charge in [-0.3, -0.25) is 9.88 Å². The van der Waals surface area contributed by atoms with Gasteiger partial charge in [0.05, 0.1) is 5.54 Å². The van der Waals surface area contributed by atoms with Crippen LogP contribution in [-0.2, 0) is 5.54 Å². The van der Waals surface area contributed by atoms with Crippen molar-refractivity contribution in [3.63, 3.8) is 0 Å². The third-order valence-electron chi connectivity index (χ3n) is 4.56. The molecular formula is C18H23N3. The molecule has 0 spiro atoms. The molecule has 2 unspecified atom stereocenters. The summed E-state index contributed by atoms with van der Waals surface area (Å²) in [5.41, 5.74) is 2.65. The quantitative estimate of drug-likeness (QED) is 0.937. The molecular weight excluding hydrogens is 258 g/mol. The minimum atomic E-state index is 0.00990. The van der Waals surface area contributed by atoms with Gasteiger partial charge in [-0.15, -0.1) is 0 Å². The van der Waals surface area contributed by atoms with Crippen LogP contribution in [0.2, 0.25) is 0 Å². The molecule has 0 amide bonds. The number of benzene rings is 1. The highest BCUT2D eigenvalue weighted by Gasteiger charge is 2.34. The van der Waals surface area contributed by atoms with Gasteiger partial charge in [-0.1, -0.05) is 36.4 Å². The van der Waals surface area contributed by atoms with Crippen molar-refractivity contribution in [3.05, 3.63) is 66.0 Å². The van der Waals surface area contributed by atoms with Crippen molar-refractivity contribution in [2.45, 2.75) is 25.4 Å². The highest BCUT2D eigenvalue weighted by molar-refractivity contribution is 5.25. The molecule has 1 saturated heterocycles. The largest absolute Gasteiger partial charge is 0.305 e. The molecule has 2 atom stereocenters. The van der Waals surface area contributed by atoms with Gasteiger partial charge in [-0.2, -0.15) is 0 Å². The number of aromatic nitrogens is 1. The number of rotatable bonds is 3. The predicted octanol–water partition coefficient (Wildman–Crippen LogP) is 2.96. The third kappa shape index (κ3) is 2.99. The Hall–Kier alpha value is -1.71. The first-order chi connectivity index (χ1) is 10.2. The molecule has 3 heteroatoms. The van der Waals surface area contributed by atoms with Gasteiger partial charge in [0, 0.05) is 38.1 Å². The van der Waals surface area contributed by atoms with Crippen LogP contribution in [0.5, 0.6) is 0 Å². The van der Waals surface area contributed by atoms with Gasteiger partial charge in [0.1, 0.15) is 0 Å². The van der Waals surface area contributed by atoms with Gasteiger partial charge in [-0.25, -0.2) is 0 Å². The second kappa shape index (κ2) is 5.96. The maximum absolute atomic E-state index is 4.25. The minimum Gasteiger partial charge on any atom is -0.305 e. The lowest BCUT2D eigenvalue weighted by molar-refractivity contribution is 0.106.